The molecule has 18 heavy (non-hydrogen) atoms. The van der Waals surface area contributed by atoms with Crippen molar-refractivity contribution in [1.82, 2.24) is 15.1 Å². The molecule has 1 aromatic rings. The van der Waals surface area contributed by atoms with Gasteiger partial charge in [-0.25, -0.2) is 8.78 Å². The minimum absolute atomic E-state index is 0.0291. The molecule has 6 nitrogen and oxygen atoms in total. The van der Waals surface area contributed by atoms with Crippen molar-refractivity contribution < 1.29 is 18.3 Å². The molecule has 0 fully saturated rings. The summed E-state index contributed by atoms with van der Waals surface area (Å²) in [7, 11) is 1.69. The molecule has 0 unspecified atom stereocenters. The van der Waals surface area contributed by atoms with E-state index in [-0.39, 0.29) is 25.5 Å². The van der Waals surface area contributed by atoms with Crippen molar-refractivity contribution in [3.05, 3.63) is 11.8 Å². The molecule has 0 saturated heterocycles. The predicted molar refractivity (Wildman–Crippen MR) is 60.9 cm³/mol. The Hall–Kier alpha value is -1.70. The zero-order valence-electron chi connectivity index (χ0n) is 10.0. The minimum atomic E-state index is -2.51. The third kappa shape index (κ3) is 4.66. The summed E-state index contributed by atoms with van der Waals surface area (Å²) >= 11 is 0. The standard InChI is InChI=1S/C10H16F2N4O2/c1-16-10(13)7(5-15-16)4-14-9(17)2-3-18-6-8(11)12/h5,8H,2-4,6,13H2,1H3,(H,14,17). The maximum atomic E-state index is 11.7. The highest BCUT2D eigenvalue weighted by molar-refractivity contribution is 5.76. The Balaban J connectivity index is 2.19. The van der Waals surface area contributed by atoms with E-state index in [9.17, 15) is 13.6 Å². The summed E-state index contributed by atoms with van der Waals surface area (Å²) in [6.07, 6.45) is -0.918. The average Bonchev–Trinajstić information content (AvgIpc) is 2.63. The van der Waals surface area contributed by atoms with Gasteiger partial charge in [0.2, 0.25) is 5.91 Å². The van der Waals surface area contributed by atoms with Crippen molar-refractivity contribution in [3.63, 3.8) is 0 Å². The monoisotopic (exact) mass is 262 g/mol. The number of nitrogens with two attached hydrogens (primary N) is 1. The van der Waals surface area contributed by atoms with Crippen LogP contribution in [0.5, 0.6) is 0 Å². The van der Waals surface area contributed by atoms with Crippen LogP contribution in [0, 0.1) is 0 Å². The molecular formula is C10H16F2N4O2. The fraction of sp³-hybridized carbons (Fsp3) is 0.600. The third-order valence-corrected chi connectivity index (χ3v) is 2.26. The number of aryl methyl sites for hydroxylation is 1. The van der Waals surface area contributed by atoms with E-state index in [2.05, 4.69) is 15.2 Å². The van der Waals surface area contributed by atoms with E-state index in [1.807, 2.05) is 0 Å². The van der Waals surface area contributed by atoms with Crippen molar-refractivity contribution in [2.24, 2.45) is 7.05 Å². The molecule has 0 aliphatic heterocycles. The van der Waals surface area contributed by atoms with Crippen LogP contribution >= 0.6 is 0 Å². The average molecular weight is 262 g/mol. The quantitative estimate of drug-likeness (QED) is 0.692. The number of nitrogens with zero attached hydrogens (tertiary/aromatic N) is 2. The number of nitrogen functional groups attached to an aromatic ring is 1. The lowest BCUT2D eigenvalue weighted by molar-refractivity contribution is -0.122. The van der Waals surface area contributed by atoms with Gasteiger partial charge in [-0.2, -0.15) is 5.10 Å². The molecule has 0 aromatic carbocycles. The van der Waals surface area contributed by atoms with Gasteiger partial charge in [-0.1, -0.05) is 0 Å². The number of hydrogen-bond acceptors (Lipinski definition) is 4. The summed E-state index contributed by atoms with van der Waals surface area (Å²) in [5, 5.41) is 6.52. The molecule has 1 rings (SSSR count). The van der Waals surface area contributed by atoms with Gasteiger partial charge in [-0.3, -0.25) is 9.48 Å². The van der Waals surface area contributed by atoms with Crippen LogP contribution in [0.25, 0.3) is 0 Å². The summed E-state index contributed by atoms with van der Waals surface area (Å²) in [6, 6.07) is 0. The number of carbonyl (C=O) groups excluding carboxylic acids is 1. The first-order valence-corrected chi connectivity index (χ1v) is 5.39. The normalized spacial score (nSPS) is 10.9. The van der Waals surface area contributed by atoms with E-state index in [0.29, 0.717) is 11.4 Å². The van der Waals surface area contributed by atoms with Gasteiger partial charge in [-0.15, -0.1) is 0 Å². The highest BCUT2D eigenvalue weighted by Crippen LogP contribution is 2.08. The topological polar surface area (TPSA) is 82.2 Å². The first-order chi connectivity index (χ1) is 8.50. The molecule has 0 radical (unpaired) electrons. The molecule has 3 N–H and O–H groups in total. The van der Waals surface area contributed by atoms with E-state index >= 15 is 0 Å². The van der Waals surface area contributed by atoms with Crippen molar-refractivity contribution >= 4 is 11.7 Å². The number of hydrogen-bond donors (Lipinski definition) is 2. The molecule has 8 heteroatoms. The first kappa shape index (κ1) is 14.4. The molecule has 0 spiro atoms. The number of ether oxygens (including phenoxy) is 1. The Labute approximate surface area is 103 Å². The van der Waals surface area contributed by atoms with Gasteiger partial charge < -0.3 is 15.8 Å². The summed E-state index contributed by atoms with van der Waals surface area (Å²) < 4.78 is 29.5. The van der Waals surface area contributed by atoms with Crippen LogP contribution in [0.4, 0.5) is 14.6 Å². The molecule has 1 aromatic heterocycles. The lowest BCUT2D eigenvalue weighted by Crippen LogP contribution is -2.24. The number of amides is 1. The zero-order chi connectivity index (χ0) is 13.5. The van der Waals surface area contributed by atoms with Crippen molar-refractivity contribution in [3.8, 4) is 0 Å². The van der Waals surface area contributed by atoms with Crippen molar-refractivity contribution in [2.75, 3.05) is 18.9 Å². The number of anilines is 1. The van der Waals surface area contributed by atoms with Crippen LogP contribution < -0.4 is 11.1 Å². The molecule has 1 amide bonds. The van der Waals surface area contributed by atoms with Gasteiger partial charge in [0.05, 0.1) is 12.8 Å². The Bertz CT molecular complexity index is 395. The van der Waals surface area contributed by atoms with Gasteiger partial charge in [0, 0.05) is 25.6 Å². The van der Waals surface area contributed by atoms with Gasteiger partial charge in [-0.05, 0) is 0 Å². The van der Waals surface area contributed by atoms with E-state index in [0.717, 1.165) is 0 Å². The number of aromatic nitrogens is 2. The van der Waals surface area contributed by atoms with Crippen molar-refractivity contribution in [2.45, 2.75) is 19.4 Å². The molecular weight excluding hydrogens is 246 g/mol. The van der Waals surface area contributed by atoms with E-state index in [1.165, 1.54) is 4.68 Å². The Morgan fingerprint density at radius 3 is 2.94 bits per heavy atom. The van der Waals surface area contributed by atoms with E-state index in [4.69, 9.17) is 5.73 Å². The van der Waals surface area contributed by atoms with Crippen LogP contribution in [0.15, 0.2) is 6.20 Å². The number of halogens is 2. The second-order valence-corrected chi connectivity index (χ2v) is 3.67. The summed E-state index contributed by atoms with van der Waals surface area (Å²) in [4.78, 5) is 11.3. The SMILES string of the molecule is Cn1ncc(CNC(=O)CCOCC(F)F)c1N. The molecule has 102 valence electrons. The smallest absolute Gasteiger partial charge is 0.261 e. The number of nitrogens with one attached hydrogen (secondary N) is 1. The number of rotatable bonds is 7. The van der Waals surface area contributed by atoms with Crippen LogP contribution in [-0.2, 0) is 23.1 Å². The second kappa shape index (κ2) is 6.90. The maximum absolute atomic E-state index is 11.7. The number of alkyl halides is 2. The minimum Gasteiger partial charge on any atom is -0.384 e. The highest BCUT2D eigenvalue weighted by Gasteiger charge is 2.07. The summed E-state index contributed by atoms with van der Waals surface area (Å²) in [5.74, 6) is 0.191. The molecule has 0 aliphatic rings. The summed E-state index contributed by atoms with van der Waals surface area (Å²) in [5.41, 5.74) is 6.39. The zero-order valence-corrected chi connectivity index (χ0v) is 10.0. The van der Waals surface area contributed by atoms with Crippen LogP contribution in [0.3, 0.4) is 0 Å². The second-order valence-electron chi connectivity index (χ2n) is 3.67. The van der Waals surface area contributed by atoms with Gasteiger partial charge >= 0.3 is 0 Å². The van der Waals surface area contributed by atoms with Gasteiger partial charge in [0.25, 0.3) is 6.43 Å². The predicted octanol–water partition coefficient (Wildman–Crippen LogP) is 0.290. The molecule has 0 atom stereocenters. The molecule has 0 aliphatic carbocycles. The van der Waals surface area contributed by atoms with Crippen LogP contribution in [-0.4, -0.2) is 35.3 Å². The van der Waals surface area contributed by atoms with Gasteiger partial charge in [0.1, 0.15) is 12.4 Å². The highest BCUT2D eigenvalue weighted by atomic mass is 19.3. The lowest BCUT2D eigenvalue weighted by Gasteiger charge is -2.05. The van der Waals surface area contributed by atoms with Gasteiger partial charge in [0.15, 0.2) is 0 Å². The fourth-order valence-corrected chi connectivity index (χ4v) is 1.25. The van der Waals surface area contributed by atoms with Crippen LogP contribution in [0.2, 0.25) is 0 Å². The largest absolute Gasteiger partial charge is 0.384 e. The Kier molecular flexibility index (Phi) is 5.50. The first-order valence-electron chi connectivity index (χ1n) is 5.39. The number of carbonyl (C=O) groups is 1. The van der Waals surface area contributed by atoms with E-state index in [1.54, 1.807) is 13.2 Å². The molecule has 0 bridgehead atoms. The molecule has 0 saturated carbocycles. The van der Waals surface area contributed by atoms with Crippen LogP contribution in [0.1, 0.15) is 12.0 Å². The maximum Gasteiger partial charge on any atom is 0.261 e. The van der Waals surface area contributed by atoms with E-state index < -0.39 is 13.0 Å². The fourth-order valence-electron chi connectivity index (χ4n) is 1.25. The third-order valence-electron chi connectivity index (χ3n) is 2.26. The summed E-state index contributed by atoms with van der Waals surface area (Å²) in [6.45, 7) is -0.422. The Morgan fingerprint density at radius 1 is 1.67 bits per heavy atom. The molecule has 1 heterocycles. The lowest BCUT2D eigenvalue weighted by atomic mass is 10.3. The van der Waals surface area contributed by atoms with Crippen molar-refractivity contribution in [1.29, 1.82) is 0 Å². The Morgan fingerprint density at radius 2 is 2.39 bits per heavy atom.